The molecule has 17 heavy (non-hydrogen) atoms. The lowest BCUT2D eigenvalue weighted by Crippen LogP contribution is -2.71. The Balaban J connectivity index is 3.08. The smallest absolute Gasteiger partial charge is 0.387 e. The lowest BCUT2D eigenvalue weighted by atomic mass is 9.82. The Bertz CT molecular complexity index is 311. The maximum absolute atomic E-state index is 10.6. The van der Waals surface area contributed by atoms with Gasteiger partial charge in [0.15, 0.2) is 0 Å². The third-order valence-corrected chi connectivity index (χ3v) is 2.99. The van der Waals surface area contributed by atoms with E-state index in [0.29, 0.717) is 0 Å². The van der Waals surface area contributed by atoms with Gasteiger partial charge in [-0.1, -0.05) is 0 Å². The van der Waals surface area contributed by atoms with Crippen LogP contribution >= 0.6 is 7.82 Å². The summed E-state index contributed by atoms with van der Waals surface area (Å²) in [6.45, 7) is 0. The molecule has 102 valence electrons. The van der Waals surface area contributed by atoms with Crippen molar-refractivity contribution in [2.24, 2.45) is 0 Å². The first-order valence-corrected chi connectivity index (χ1v) is 5.92. The molecule has 10 nitrogen and oxygen atoms in total. The topological polar surface area (TPSA) is 188 Å². The Morgan fingerprint density at radius 3 is 1.53 bits per heavy atom. The van der Waals surface area contributed by atoms with E-state index in [9.17, 15) is 30.1 Å². The van der Waals surface area contributed by atoms with E-state index in [0.717, 1.165) is 0 Å². The number of phosphoric ester groups is 1. The van der Waals surface area contributed by atoms with Crippen molar-refractivity contribution in [1.82, 2.24) is 0 Å². The van der Waals surface area contributed by atoms with Crippen LogP contribution in [0.15, 0.2) is 0 Å². The fourth-order valence-electron chi connectivity index (χ4n) is 1.54. The van der Waals surface area contributed by atoms with E-state index in [1.54, 1.807) is 0 Å². The van der Waals surface area contributed by atoms with E-state index < -0.39 is 44.1 Å². The summed E-state index contributed by atoms with van der Waals surface area (Å²) in [6, 6.07) is 0. The molecule has 6 atom stereocenters. The van der Waals surface area contributed by atoms with Gasteiger partial charge in [-0.2, -0.15) is 0 Å². The zero-order chi connectivity index (χ0) is 13.6. The molecule has 11 heteroatoms. The molecular formula is C6H13O10P. The van der Waals surface area contributed by atoms with Gasteiger partial charge in [0.05, 0.1) is 0 Å². The first-order valence-electron chi connectivity index (χ1n) is 4.39. The van der Waals surface area contributed by atoms with E-state index >= 15 is 0 Å². The van der Waals surface area contributed by atoms with Gasteiger partial charge < -0.3 is 40.4 Å². The number of hydrogen-bond donors (Lipinski definition) is 8. The van der Waals surface area contributed by atoms with E-state index in [-0.39, 0.29) is 0 Å². The number of rotatable bonds is 2. The van der Waals surface area contributed by atoms with Gasteiger partial charge in [0.2, 0.25) is 5.79 Å². The van der Waals surface area contributed by atoms with Crippen LogP contribution in [0.3, 0.4) is 0 Å². The Kier molecular flexibility index (Phi) is 3.97. The van der Waals surface area contributed by atoms with E-state index in [1.165, 1.54) is 0 Å². The summed E-state index contributed by atoms with van der Waals surface area (Å²) in [7, 11) is -5.32. The molecule has 1 fully saturated rings. The predicted molar refractivity (Wildman–Crippen MR) is 48.1 cm³/mol. The highest BCUT2D eigenvalue weighted by Gasteiger charge is 2.61. The minimum Gasteiger partial charge on any atom is -0.387 e. The minimum absolute atomic E-state index is 2.01. The van der Waals surface area contributed by atoms with Gasteiger partial charge in [0.25, 0.3) is 0 Å². The van der Waals surface area contributed by atoms with Crippen molar-refractivity contribution in [3.8, 4) is 0 Å². The molecule has 1 saturated carbocycles. The highest BCUT2D eigenvalue weighted by molar-refractivity contribution is 7.46. The molecule has 0 saturated heterocycles. The Morgan fingerprint density at radius 1 is 0.882 bits per heavy atom. The van der Waals surface area contributed by atoms with Crippen LogP contribution < -0.4 is 0 Å². The first kappa shape index (κ1) is 14.9. The van der Waals surface area contributed by atoms with Crippen LogP contribution in [0.25, 0.3) is 0 Å². The Hall–Kier alpha value is -0.130. The van der Waals surface area contributed by atoms with Crippen molar-refractivity contribution in [3.63, 3.8) is 0 Å². The lowest BCUT2D eigenvalue weighted by Gasteiger charge is -2.46. The standard InChI is InChI=1S/C6H13O10P/c7-1-2(8)4(10)6(12,5(11)3(1)9)16-17(13,14)15/h1-5,7-12H,(H2,13,14,15)/t1?,2-,3+,4-,5-,6?/m0/s1. The van der Waals surface area contributed by atoms with Gasteiger partial charge in [0.1, 0.15) is 30.5 Å². The summed E-state index contributed by atoms with van der Waals surface area (Å²) in [5.74, 6) is -3.31. The van der Waals surface area contributed by atoms with Crippen molar-refractivity contribution >= 4 is 7.82 Å². The lowest BCUT2D eigenvalue weighted by molar-refractivity contribution is -0.336. The third kappa shape index (κ3) is 2.66. The van der Waals surface area contributed by atoms with Crippen molar-refractivity contribution in [2.45, 2.75) is 36.3 Å². The monoisotopic (exact) mass is 276 g/mol. The second kappa shape index (κ2) is 4.52. The van der Waals surface area contributed by atoms with Gasteiger partial charge in [-0.15, -0.1) is 0 Å². The zero-order valence-electron chi connectivity index (χ0n) is 8.23. The van der Waals surface area contributed by atoms with Crippen LogP contribution in [0, 0.1) is 0 Å². The number of phosphoric acid groups is 1. The molecule has 1 aliphatic rings. The van der Waals surface area contributed by atoms with Crippen LogP contribution in [-0.4, -0.2) is 76.7 Å². The van der Waals surface area contributed by atoms with Gasteiger partial charge in [-0.3, -0.25) is 0 Å². The molecular weight excluding hydrogens is 263 g/mol. The molecule has 1 rings (SSSR count). The van der Waals surface area contributed by atoms with Crippen LogP contribution in [-0.2, 0) is 9.09 Å². The third-order valence-electron chi connectivity index (χ3n) is 2.46. The summed E-state index contributed by atoms with van der Waals surface area (Å²) in [5.41, 5.74) is 0. The van der Waals surface area contributed by atoms with Gasteiger partial charge >= 0.3 is 7.82 Å². The number of aliphatic hydroxyl groups is 6. The fourth-order valence-corrected chi connectivity index (χ4v) is 2.14. The summed E-state index contributed by atoms with van der Waals surface area (Å²) in [4.78, 5) is 17.0. The Morgan fingerprint density at radius 2 is 1.24 bits per heavy atom. The second-order valence-corrected chi connectivity index (χ2v) is 4.86. The van der Waals surface area contributed by atoms with Crippen LogP contribution in [0.4, 0.5) is 0 Å². The maximum atomic E-state index is 10.6. The molecule has 0 aromatic carbocycles. The molecule has 0 radical (unpaired) electrons. The predicted octanol–water partition coefficient (Wildman–Crippen LogP) is -4.40. The summed E-state index contributed by atoms with van der Waals surface area (Å²) in [6.07, 6.45) is -11.2. The molecule has 2 unspecified atom stereocenters. The van der Waals surface area contributed by atoms with E-state index in [2.05, 4.69) is 4.52 Å². The molecule has 0 aliphatic heterocycles. The van der Waals surface area contributed by atoms with Crippen LogP contribution in [0.2, 0.25) is 0 Å². The van der Waals surface area contributed by atoms with Crippen molar-refractivity contribution in [3.05, 3.63) is 0 Å². The molecule has 0 aromatic heterocycles. The minimum atomic E-state index is -5.32. The zero-order valence-corrected chi connectivity index (χ0v) is 9.12. The highest BCUT2D eigenvalue weighted by atomic mass is 31.2. The molecule has 0 spiro atoms. The van der Waals surface area contributed by atoms with Crippen molar-refractivity contribution < 1.29 is 49.5 Å². The molecule has 8 N–H and O–H groups in total. The average molecular weight is 276 g/mol. The van der Waals surface area contributed by atoms with Gasteiger partial charge in [0, 0.05) is 0 Å². The average Bonchev–Trinajstić information content (AvgIpc) is 2.19. The van der Waals surface area contributed by atoms with Gasteiger partial charge in [-0.05, 0) is 0 Å². The quantitative estimate of drug-likeness (QED) is 0.180. The molecule has 0 bridgehead atoms. The van der Waals surface area contributed by atoms with E-state index in [1.807, 2.05) is 0 Å². The first-order chi connectivity index (χ1) is 7.50. The van der Waals surface area contributed by atoms with Gasteiger partial charge in [-0.25, -0.2) is 9.09 Å². The molecule has 0 aromatic rings. The van der Waals surface area contributed by atoms with E-state index in [4.69, 9.17) is 14.9 Å². The normalized spacial score (nSPS) is 48.1. The molecule has 1 aliphatic carbocycles. The highest BCUT2D eigenvalue weighted by Crippen LogP contribution is 2.45. The number of hydrogen-bond acceptors (Lipinski definition) is 8. The SMILES string of the molecule is O=P(O)(O)OC1(O)[C@@H](O)[C@H](O)C(O)[C@H](O)[C@@H]1O. The van der Waals surface area contributed by atoms with Crippen LogP contribution in [0.1, 0.15) is 0 Å². The summed E-state index contributed by atoms with van der Waals surface area (Å²) >= 11 is 0. The fraction of sp³-hybridized carbons (Fsp3) is 1.00. The Labute approximate surface area is 94.6 Å². The van der Waals surface area contributed by atoms with Crippen molar-refractivity contribution in [2.75, 3.05) is 0 Å². The summed E-state index contributed by atoms with van der Waals surface area (Å²) < 4.78 is 14.3. The molecule has 0 amide bonds. The largest absolute Gasteiger partial charge is 0.472 e. The summed E-state index contributed by atoms with van der Waals surface area (Å²) in [5, 5.41) is 55.7. The molecule has 0 heterocycles. The second-order valence-electron chi connectivity index (χ2n) is 3.70. The number of aliphatic hydroxyl groups excluding tert-OH is 5. The van der Waals surface area contributed by atoms with Crippen molar-refractivity contribution in [1.29, 1.82) is 0 Å². The maximum Gasteiger partial charge on any atom is 0.472 e. The van der Waals surface area contributed by atoms with Crippen LogP contribution in [0.5, 0.6) is 0 Å².